The zero-order chi connectivity index (χ0) is 19.8. The molecule has 0 saturated carbocycles. The number of hydrogen-bond donors (Lipinski definition) is 1. The molecule has 2 aromatic heterocycles. The van der Waals surface area contributed by atoms with Crippen LogP contribution < -0.4 is 4.72 Å². The Labute approximate surface area is 169 Å². The zero-order valence-corrected chi connectivity index (χ0v) is 17.6. The predicted octanol–water partition coefficient (Wildman–Crippen LogP) is 3.81. The molecule has 0 aliphatic heterocycles. The molecule has 144 valence electrons. The van der Waals surface area contributed by atoms with Crippen LogP contribution in [0.5, 0.6) is 0 Å². The first kappa shape index (κ1) is 19.8. The van der Waals surface area contributed by atoms with E-state index in [9.17, 15) is 12.8 Å². The van der Waals surface area contributed by atoms with Gasteiger partial charge in [-0.2, -0.15) is 10.2 Å². The Balaban J connectivity index is 1.87. The lowest BCUT2D eigenvalue weighted by Crippen LogP contribution is -2.14. The van der Waals surface area contributed by atoms with Gasteiger partial charge in [0.1, 0.15) is 10.7 Å². The Bertz CT molecular complexity index is 1080. The summed E-state index contributed by atoms with van der Waals surface area (Å²) >= 11 is 9.30. The highest BCUT2D eigenvalue weighted by molar-refractivity contribution is 9.10. The fourth-order valence-electron chi connectivity index (χ4n) is 2.50. The third-order valence-electron chi connectivity index (χ3n) is 3.84. The van der Waals surface area contributed by atoms with Crippen molar-refractivity contribution in [3.05, 3.63) is 57.2 Å². The standard InChI is InChI=1S/C16H16BrClFN5O2S/c1-3-23-9-15(10(2)20-23)27(25,26)22-16-12(17)8-24(21-16)7-11-13(18)5-4-6-14(11)19/h4-6,8-9H,3,7H2,1-2H3,(H,21,22). The van der Waals surface area contributed by atoms with Gasteiger partial charge >= 0.3 is 0 Å². The Hall–Kier alpha value is -1.91. The Kier molecular flexibility index (Phi) is 5.59. The lowest BCUT2D eigenvalue weighted by atomic mass is 10.2. The summed E-state index contributed by atoms with van der Waals surface area (Å²) < 4.78 is 45.1. The summed E-state index contributed by atoms with van der Waals surface area (Å²) in [5.41, 5.74) is 0.654. The molecule has 0 radical (unpaired) electrons. The number of nitrogens with zero attached hydrogens (tertiary/aromatic N) is 4. The van der Waals surface area contributed by atoms with Gasteiger partial charge in [0, 0.05) is 29.5 Å². The smallest absolute Gasteiger partial charge is 0.266 e. The fourth-order valence-corrected chi connectivity index (χ4v) is 4.47. The van der Waals surface area contributed by atoms with E-state index in [1.807, 2.05) is 6.92 Å². The molecule has 2 heterocycles. The number of anilines is 1. The number of benzene rings is 1. The summed E-state index contributed by atoms with van der Waals surface area (Å²) in [5, 5.41) is 8.60. The van der Waals surface area contributed by atoms with E-state index in [0.717, 1.165) is 0 Å². The molecule has 1 N–H and O–H groups in total. The van der Waals surface area contributed by atoms with Gasteiger partial charge in [-0.25, -0.2) is 12.8 Å². The largest absolute Gasteiger partial charge is 0.271 e. The first-order chi connectivity index (χ1) is 12.7. The van der Waals surface area contributed by atoms with Gasteiger partial charge in [-0.3, -0.25) is 14.1 Å². The van der Waals surface area contributed by atoms with Crippen LogP contribution in [0.3, 0.4) is 0 Å². The van der Waals surface area contributed by atoms with E-state index in [0.29, 0.717) is 16.7 Å². The summed E-state index contributed by atoms with van der Waals surface area (Å²) in [6.45, 7) is 4.09. The van der Waals surface area contributed by atoms with Crippen LogP contribution in [0.25, 0.3) is 0 Å². The van der Waals surface area contributed by atoms with E-state index in [1.165, 1.54) is 27.7 Å². The molecule has 3 aromatic rings. The number of rotatable bonds is 6. The van der Waals surface area contributed by atoms with Gasteiger partial charge in [-0.1, -0.05) is 17.7 Å². The van der Waals surface area contributed by atoms with Crippen molar-refractivity contribution in [2.45, 2.75) is 31.8 Å². The van der Waals surface area contributed by atoms with Gasteiger partial charge in [-0.05, 0) is 41.9 Å². The summed E-state index contributed by atoms with van der Waals surface area (Å²) in [6.07, 6.45) is 3.00. The molecule has 0 unspecified atom stereocenters. The average Bonchev–Trinajstić information content (AvgIpc) is 3.14. The van der Waals surface area contributed by atoms with E-state index < -0.39 is 15.8 Å². The molecule has 0 amide bonds. The molecule has 0 spiro atoms. The third kappa shape index (κ3) is 4.17. The zero-order valence-electron chi connectivity index (χ0n) is 14.4. The maximum atomic E-state index is 14.0. The molecule has 0 bridgehead atoms. The molecule has 0 saturated heterocycles. The number of nitrogens with one attached hydrogen (secondary N) is 1. The maximum Gasteiger partial charge on any atom is 0.266 e. The Morgan fingerprint density at radius 3 is 2.63 bits per heavy atom. The molecule has 0 aliphatic carbocycles. The number of aromatic nitrogens is 4. The van der Waals surface area contributed by atoms with Crippen LogP contribution in [0.4, 0.5) is 10.2 Å². The van der Waals surface area contributed by atoms with Crippen molar-refractivity contribution in [3.63, 3.8) is 0 Å². The summed E-state index contributed by atoms with van der Waals surface area (Å²) in [7, 11) is -3.87. The van der Waals surface area contributed by atoms with Crippen molar-refractivity contribution in [2.75, 3.05) is 4.72 Å². The summed E-state index contributed by atoms with van der Waals surface area (Å²) in [4.78, 5) is 0.0722. The average molecular weight is 477 g/mol. The van der Waals surface area contributed by atoms with Crippen molar-refractivity contribution in [3.8, 4) is 0 Å². The van der Waals surface area contributed by atoms with Crippen LogP contribution in [0.15, 0.2) is 40.0 Å². The normalized spacial score (nSPS) is 11.7. The second kappa shape index (κ2) is 7.61. The number of hydrogen-bond acceptors (Lipinski definition) is 4. The number of aryl methyl sites for hydroxylation is 2. The van der Waals surface area contributed by atoms with Crippen LogP contribution in [-0.4, -0.2) is 28.0 Å². The first-order valence-electron chi connectivity index (χ1n) is 7.94. The van der Waals surface area contributed by atoms with Gasteiger partial charge in [0.05, 0.1) is 16.7 Å². The Morgan fingerprint density at radius 1 is 1.26 bits per heavy atom. The number of sulfonamides is 1. The highest BCUT2D eigenvalue weighted by atomic mass is 79.9. The van der Waals surface area contributed by atoms with Crippen LogP contribution in [0.1, 0.15) is 18.2 Å². The topological polar surface area (TPSA) is 81.8 Å². The lowest BCUT2D eigenvalue weighted by molar-refractivity contribution is 0.585. The molecule has 11 heteroatoms. The maximum absolute atomic E-state index is 14.0. The van der Waals surface area contributed by atoms with Gasteiger partial charge in [0.2, 0.25) is 0 Å². The van der Waals surface area contributed by atoms with Gasteiger partial charge in [-0.15, -0.1) is 0 Å². The monoisotopic (exact) mass is 475 g/mol. The van der Waals surface area contributed by atoms with E-state index in [-0.39, 0.29) is 27.8 Å². The molecular formula is C16H16BrClFN5O2S. The minimum atomic E-state index is -3.87. The van der Waals surface area contributed by atoms with Gasteiger partial charge in [0.15, 0.2) is 5.82 Å². The van der Waals surface area contributed by atoms with Crippen molar-refractivity contribution in [1.29, 1.82) is 0 Å². The van der Waals surface area contributed by atoms with E-state index in [4.69, 9.17) is 11.6 Å². The molecule has 0 atom stereocenters. The van der Waals surface area contributed by atoms with Gasteiger partial charge in [0.25, 0.3) is 10.0 Å². The van der Waals surface area contributed by atoms with Crippen LogP contribution >= 0.6 is 27.5 Å². The molecule has 7 nitrogen and oxygen atoms in total. The second-order valence-corrected chi connectivity index (χ2v) is 8.68. The van der Waals surface area contributed by atoms with E-state index >= 15 is 0 Å². The second-order valence-electron chi connectivity index (χ2n) is 5.76. The minimum absolute atomic E-state index is 0.0542. The van der Waals surface area contributed by atoms with Crippen LogP contribution in [0.2, 0.25) is 5.02 Å². The first-order valence-corrected chi connectivity index (χ1v) is 10.6. The molecule has 3 rings (SSSR count). The quantitative estimate of drug-likeness (QED) is 0.586. The van der Waals surface area contributed by atoms with Crippen LogP contribution in [-0.2, 0) is 23.1 Å². The molecule has 27 heavy (non-hydrogen) atoms. The molecule has 1 aromatic carbocycles. The van der Waals surface area contributed by atoms with Crippen molar-refractivity contribution < 1.29 is 12.8 Å². The summed E-state index contributed by atoms with van der Waals surface area (Å²) in [5.74, 6) is -0.370. The number of halogens is 3. The summed E-state index contributed by atoms with van der Waals surface area (Å²) in [6, 6.07) is 4.40. The molecule has 0 fully saturated rings. The highest BCUT2D eigenvalue weighted by Gasteiger charge is 2.23. The predicted molar refractivity (Wildman–Crippen MR) is 104 cm³/mol. The van der Waals surface area contributed by atoms with Crippen LogP contribution in [0, 0.1) is 12.7 Å². The van der Waals surface area contributed by atoms with E-state index in [1.54, 1.807) is 19.2 Å². The molecule has 0 aliphatic rings. The van der Waals surface area contributed by atoms with Crippen molar-refractivity contribution in [2.24, 2.45) is 0 Å². The third-order valence-corrected chi connectivity index (χ3v) is 6.22. The van der Waals surface area contributed by atoms with Crippen molar-refractivity contribution in [1.82, 2.24) is 19.6 Å². The van der Waals surface area contributed by atoms with E-state index in [2.05, 4.69) is 30.8 Å². The van der Waals surface area contributed by atoms with Crippen molar-refractivity contribution >= 4 is 43.4 Å². The Morgan fingerprint density at radius 2 is 2.00 bits per heavy atom. The van der Waals surface area contributed by atoms with Gasteiger partial charge < -0.3 is 0 Å². The minimum Gasteiger partial charge on any atom is -0.271 e. The lowest BCUT2D eigenvalue weighted by Gasteiger charge is -2.06. The SMILES string of the molecule is CCn1cc(S(=O)(=O)Nc2nn(Cc3c(F)cccc3Cl)cc2Br)c(C)n1. The highest BCUT2D eigenvalue weighted by Crippen LogP contribution is 2.26. The fraction of sp³-hybridized carbons (Fsp3) is 0.250. The molecular weight excluding hydrogens is 461 g/mol.